The van der Waals surface area contributed by atoms with Crippen LogP contribution in [0.15, 0.2) is 4.99 Å². The van der Waals surface area contributed by atoms with Gasteiger partial charge in [-0.1, -0.05) is 11.8 Å². The third-order valence-electron chi connectivity index (χ3n) is 0.717. The molecule has 4 nitrogen and oxygen atoms in total. The highest BCUT2D eigenvalue weighted by Gasteiger charge is 2.11. The molecule has 52 valence electrons. The second-order valence-corrected chi connectivity index (χ2v) is 3.07. The fourth-order valence-corrected chi connectivity index (χ4v) is 1.59. The fraction of sp³-hybridized carbons (Fsp3) is 0.667. The van der Waals surface area contributed by atoms with E-state index in [1.807, 2.05) is 0 Å². The molecular weight excluding hydrogens is 161 g/mol. The Morgan fingerprint density at radius 1 is 1.67 bits per heavy atom. The van der Waals surface area contributed by atoms with Crippen molar-refractivity contribution in [2.24, 2.45) is 4.99 Å². The van der Waals surface area contributed by atoms with E-state index in [1.165, 1.54) is 11.8 Å². The quantitative estimate of drug-likeness (QED) is 0.552. The van der Waals surface area contributed by atoms with E-state index < -0.39 is 8.60 Å². The Labute approximate surface area is 57.9 Å². The van der Waals surface area contributed by atoms with Gasteiger partial charge in [0.05, 0.1) is 6.54 Å². The smallest absolute Gasteiger partial charge is 0.393 e. The van der Waals surface area contributed by atoms with Crippen LogP contribution in [0.1, 0.15) is 0 Å². The molecule has 0 spiro atoms. The van der Waals surface area contributed by atoms with Gasteiger partial charge in [-0.05, 0) is 0 Å². The fourth-order valence-electron chi connectivity index (χ4n) is 0.441. The van der Waals surface area contributed by atoms with Gasteiger partial charge in [0, 0.05) is 5.75 Å². The normalized spacial score (nSPS) is 18.3. The largest absolute Gasteiger partial charge is 0.403 e. The summed E-state index contributed by atoms with van der Waals surface area (Å²) in [5.41, 5.74) is 0. The van der Waals surface area contributed by atoms with Crippen molar-refractivity contribution < 1.29 is 14.3 Å². The third-order valence-corrected chi connectivity index (χ3v) is 2.02. The molecule has 0 radical (unpaired) electrons. The number of aliphatic imine (C=N–C) groups is 1. The van der Waals surface area contributed by atoms with Crippen LogP contribution in [0.4, 0.5) is 0 Å². The molecule has 0 aromatic carbocycles. The van der Waals surface area contributed by atoms with Gasteiger partial charge in [0.25, 0.3) is 5.23 Å². The van der Waals surface area contributed by atoms with Crippen molar-refractivity contribution in [1.82, 2.24) is 0 Å². The zero-order chi connectivity index (χ0) is 6.69. The molecule has 1 rings (SSSR count). The van der Waals surface area contributed by atoms with E-state index >= 15 is 0 Å². The molecule has 9 heavy (non-hydrogen) atoms. The van der Waals surface area contributed by atoms with Crippen LogP contribution in [0.2, 0.25) is 0 Å². The predicted molar refractivity (Wildman–Crippen MR) is 37.2 cm³/mol. The molecule has 0 aromatic heterocycles. The minimum absolute atomic E-state index is 0.395. The lowest BCUT2D eigenvalue weighted by Gasteiger charge is -2.01. The van der Waals surface area contributed by atoms with Gasteiger partial charge in [-0.25, -0.2) is 4.99 Å². The summed E-state index contributed by atoms with van der Waals surface area (Å²) in [4.78, 5) is 20.5. The second-order valence-electron chi connectivity index (χ2n) is 1.34. The molecule has 1 aliphatic heterocycles. The van der Waals surface area contributed by atoms with E-state index in [0.29, 0.717) is 11.8 Å². The Bertz CT molecular complexity index is 128. The molecular formula is C3H6NO3PS. The summed E-state index contributed by atoms with van der Waals surface area (Å²) >= 11 is 1.39. The first-order valence-electron chi connectivity index (χ1n) is 2.32. The van der Waals surface area contributed by atoms with Crippen LogP contribution in [0.3, 0.4) is 0 Å². The molecule has 0 aromatic rings. The van der Waals surface area contributed by atoms with Crippen LogP contribution in [0.25, 0.3) is 0 Å². The Kier molecular flexibility index (Phi) is 2.72. The second kappa shape index (κ2) is 3.37. The third kappa shape index (κ3) is 2.49. The van der Waals surface area contributed by atoms with Crippen molar-refractivity contribution in [1.29, 1.82) is 0 Å². The maximum atomic E-state index is 8.32. The summed E-state index contributed by atoms with van der Waals surface area (Å²) in [5.74, 6) is 0.874. The van der Waals surface area contributed by atoms with Gasteiger partial charge in [0.1, 0.15) is 0 Å². The van der Waals surface area contributed by atoms with Crippen molar-refractivity contribution in [3.8, 4) is 0 Å². The standard InChI is InChI=1S/C3H6NO3PS/c5-8(6)7-3-4-1-2-9-3/h5-6H,1-2H2. The Hall–Kier alpha value is 0.170. The van der Waals surface area contributed by atoms with E-state index in [1.54, 1.807) is 0 Å². The monoisotopic (exact) mass is 167 g/mol. The summed E-state index contributed by atoms with van der Waals surface area (Å²) in [6.45, 7) is 0.711. The van der Waals surface area contributed by atoms with Crippen LogP contribution in [0, 0.1) is 0 Å². The average molecular weight is 167 g/mol. The minimum Gasteiger partial charge on any atom is -0.403 e. The van der Waals surface area contributed by atoms with Crippen molar-refractivity contribution in [3.63, 3.8) is 0 Å². The van der Waals surface area contributed by atoms with Crippen molar-refractivity contribution in [3.05, 3.63) is 0 Å². The molecule has 0 amide bonds. The molecule has 0 unspecified atom stereocenters. The van der Waals surface area contributed by atoms with Crippen LogP contribution in [0.5, 0.6) is 0 Å². The average Bonchev–Trinajstić information content (AvgIpc) is 2.15. The Morgan fingerprint density at radius 2 is 2.44 bits per heavy atom. The maximum absolute atomic E-state index is 8.32. The van der Waals surface area contributed by atoms with Crippen LogP contribution >= 0.6 is 20.4 Å². The predicted octanol–water partition coefficient (Wildman–Crippen LogP) is 0.317. The summed E-state index contributed by atoms with van der Waals surface area (Å²) in [7, 11) is -2.26. The van der Waals surface area contributed by atoms with E-state index in [9.17, 15) is 0 Å². The highest BCUT2D eigenvalue weighted by Crippen LogP contribution is 2.29. The molecule has 0 aliphatic carbocycles. The molecule has 0 saturated carbocycles. The van der Waals surface area contributed by atoms with Gasteiger partial charge in [0.2, 0.25) is 0 Å². The number of hydrogen-bond donors (Lipinski definition) is 2. The van der Waals surface area contributed by atoms with Crippen LogP contribution < -0.4 is 0 Å². The van der Waals surface area contributed by atoms with Gasteiger partial charge in [0.15, 0.2) is 0 Å². The van der Waals surface area contributed by atoms with Gasteiger partial charge in [-0.2, -0.15) is 0 Å². The van der Waals surface area contributed by atoms with Gasteiger partial charge in [-0.15, -0.1) is 0 Å². The van der Waals surface area contributed by atoms with E-state index in [-0.39, 0.29) is 0 Å². The summed E-state index contributed by atoms with van der Waals surface area (Å²) in [5, 5.41) is 0.395. The first-order valence-corrected chi connectivity index (χ1v) is 4.47. The molecule has 0 bridgehead atoms. The van der Waals surface area contributed by atoms with E-state index in [4.69, 9.17) is 9.79 Å². The topological polar surface area (TPSA) is 62.0 Å². The van der Waals surface area contributed by atoms with Crippen molar-refractivity contribution in [2.45, 2.75) is 0 Å². The Balaban J connectivity index is 2.26. The van der Waals surface area contributed by atoms with E-state index in [2.05, 4.69) is 9.52 Å². The summed E-state index contributed by atoms with van der Waals surface area (Å²) in [6.07, 6.45) is 0. The van der Waals surface area contributed by atoms with Crippen LogP contribution in [-0.2, 0) is 4.52 Å². The molecule has 0 saturated heterocycles. The van der Waals surface area contributed by atoms with Gasteiger partial charge in [-0.3, -0.25) is 0 Å². The number of nitrogens with zero attached hydrogens (tertiary/aromatic N) is 1. The number of thioether (sulfide) groups is 1. The highest BCUT2D eigenvalue weighted by atomic mass is 32.2. The van der Waals surface area contributed by atoms with E-state index in [0.717, 1.165) is 5.75 Å². The molecule has 6 heteroatoms. The Morgan fingerprint density at radius 3 is 2.89 bits per heavy atom. The highest BCUT2D eigenvalue weighted by molar-refractivity contribution is 8.14. The summed E-state index contributed by atoms with van der Waals surface area (Å²) in [6, 6.07) is 0. The number of hydrogen-bond acceptors (Lipinski definition) is 5. The first-order chi connectivity index (χ1) is 4.29. The van der Waals surface area contributed by atoms with Gasteiger partial charge >= 0.3 is 8.60 Å². The van der Waals surface area contributed by atoms with Gasteiger partial charge < -0.3 is 14.3 Å². The molecule has 1 heterocycles. The SMILES string of the molecule is OP(O)OC1=NCCS1. The molecule has 2 N–H and O–H groups in total. The van der Waals surface area contributed by atoms with Crippen LogP contribution in [-0.4, -0.2) is 27.3 Å². The zero-order valence-corrected chi connectivity index (χ0v) is 6.23. The lowest BCUT2D eigenvalue weighted by atomic mass is 10.8. The summed E-state index contributed by atoms with van der Waals surface area (Å²) < 4.78 is 4.50. The minimum atomic E-state index is -2.26. The lowest BCUT2D eigenvalue weighted by molar-refractivity contribution is 0.375. The molecule has 1 aliphatic rings. The number of rotatable bonds is 1. The van der Waals surface area contributed by atoms with Crippen molar-refractivity contribution in [2.75, 3.05) is 12.3 Å². The first kappa shape index (κ1) is 7.28. The molecule has 0 fully saturated rings. The van der Waals surface area contributed by atoms with Crippen molar-refractivity contribution >= 4 is 25.6 Å². The molecule has 0 atom stereocenters. The zero-order valence-electron chi connectivity index (χ0n) is 4.52. The maximum Gasteiger partial charge on any atom is 0.393 e. The lowest BCUT2D eigenvalue weighted by Crippen LogP contribution is -1.89.